The van der Waals surface area contributed by atoms with Crippen LogP contribution in [0.15, 0.2) is 16.6 Å². The Labute approximate surface area is 133 Å². The zero-order valence-electron chi connectivity index (χ0n) is 12.4. The number of rotatable bonds is 5. The summed E-state index contributed by atoms with van der Waals surface area (Å²) in [5.41, 5.74) is 2.73. The van der Waals surface area contributed by atoms with Gasteiger partial charge in [0.1, 0.15) is 11.6 Å². The third-order valence-electron chi connectivity index (χ3n) is 4.76. The second-order valence-corrected chi connectivity index (χ2v) is 6.80. The first-order valence-corrected chi connectivity index (χ1v) is 7.97. The van der Waals surface area contributed by atoms with Crippen molar-refractivity contribution in [2.45, 2.75) is 43.7 Å². The molecule has 0 radical (unpaired) electrons. The number of nitrogens with two attached hydrogens (primary N) is 1. The standard InChI is InChI=1S/C15H22BrF2N3/c1-21(2)15(7-3-4-8-15)13(20-19)9-10-12(17)6-5-11(16)14(10)18/h5-6,13,20H,3-4,7-9,19H2,1-2H3. The molecule has 3 N–H and O–H groups in total. The minimum Gasteiger partial charge on any atom is -0.302 e. The number of likely N-dealkylation sites (N-methyl/N-ethyl adjacent to an activating group) is 1. The summed E-state index contributed by atoms with van der Waals surface area (Å²) in [7, 11) is 4.01. The molecule has 1 aromatic carbocycles. The molecule has 3 nitrogen and oxygen atoms in total. The summed E-state index contributed by atoms with van der Waals surface area (Å²) in [5, 5.41) is 0. The van der Waals surface area contributed by atoms with Crippen LogP contribution < -0.4 is 11.3 Å². The molecule has 1 atom stereocenters. The number of hydrogen-bond donors (Lipinski definition) is 2. The summed E-state index contributed by atoms with van der Waals surface area (Å²) >= 11 is 3.11. The van der Waals surface area contributed by atoms with Crippen molar-refractivity contribution in [3.8, 4) is 0 Å². The molecule has 2 rings (SSSR count). The Bertz CT molecular complexity index is 502. The fourth-order valence-corrected chi connectivity index (χ4v) is 3.83. The Morgan fingerprint density at radius 1 is 1.33 bits per heavy atom. The number of hydrazine groups is 1. The van der Waals surface area contributed by atoms with Crippen LogP contribution in [0.3, 0.4) is 0 Å². The lowest BCUT2D eigenvalue weighted by molar-refractivity contribution is 0.103. The van der Waals surface area contributed by atoms with Gasteiger partial charge in [-0.1, -0.05) is 12.8 Å². The molecule has 0 aliphatic heterocycles. The van der Waals surface area contributed by atoms with Gasteiger partial charge in [0.05, 0.1) is 4.47 Å². The zero-order valence-corrected chi connectivity index (χ0v) is 14.0. The van der Waals surface area contributed by atoms with Gasteiger partial charge in [-0.2, -0.15) is 0 Å². The van der Waals surface area contributed by atoms with Crippen LogP contribution in [-0.2, 0) is 6.42 Å². The van der Waals surface area contributed by atoms with E-state index in [0.717, 1.165) is 25.7 Å². The highest BCUT2D eigenvalue weighted by molar-refractivity contribution is 9.10. The molecule has 0 amide bonds. The zero-order chi connectivity index (χ0) is 15.6. The van der Waals surface area contributed by atoms with E-state index in [2.05, 4.69) is 26.3 Å². The first kappa shape index (κ1) is 16.8. The van der Waals surface area contributed by atoms with Crippen LogP contribution in [0.4, 0.5) is 8.78 Å². The topological polar surface area (TPSA) is 41.3 Å². The molecule has 118 valence electrons. The number of nitrogens with one attached hydrogen (secondary N) is 1. The van der Waals surface area contributed by atoms with E-state index < -0.39 is 11.6 Å². The lowest BCUT2D eigenvalue weighted by atomic mass is 9.83. The van der Waals surface area contributed by atoms with E-state index in [9.17, 15) is 8.78 Å². The molecule has 6 heteroatoms. The minimum atomic E-state index is -0.540. The van der Waals surface area contributed by atoms with Gasteiger partial charge in [0.25, 0.3) is 0 Å². The highest BCUT2D eigenvalue weighted by atomic mass is 79.9. The third-order valence-corrected chi connectivity index (χ3v) is 5.37. The smallest absolute Gasteiger partial charge is 0.143 e. The second-order valence-electron chi connectivity index (χ2n) is 5.95. The van der Waals surface area contributed by atoms with Gasteiger partial charge >= 0.3 is 0 Å². The highest BCUT2D eigenvalue weighted by Crippen LogP contribution is 2.38. The lowest BCUT2D eigenvalue weighted by Crippen LogP contribution is -2.60. The van der Waals surface area contributed by atoms with E-state index in [1.165, 1.54) is 12.1 Å². The van der Waals surface area contributed by atoms with E-state index in [1.54, 1.807) is 0 Å². The maximum absolute atomic E-state index is 14.2. The van der Waals surface area contributed by atoms with Gasteiger partial charge in [0, 0.05) is 17.1 Å². The monoisotopic (exact) mass is 361 g/mol. The quantitative estimate of drug-likeness (QED) is 0.481. The van der Waals surface area contributed by atoms with Crippen molar-refractivity contribution >= 4 is 15.9 Å². The van der Waals surface area contributed by atoms with Gasteiger partial charge < -0.3 is 4.90 Å². The summed E-state index contributed by atoms with van der Waals surface area (Å²) in [5.74, 6) is 4.66. The second kappa shape index (κ2) is 6.69. The first-order chi connectivity index (χ1) is 9.92. The van der Waals surface area contributed by atoms with Gasteiger partial charge in [-0.25, -0.2) is 8.78 Å². The average molecular weight is 362 g/mol. The Kier molecular flexibility index (Phi) is 5.35. The van der Waals surface area contributed by atoms with Crippen molar-refractivity contribution in [1.29, 1.82) is 0 Å². The van der Waals surface area contributed by atoms with Crippen LogP contribution in [0, 0.1) is 11.6 Å². The summed E-state index contributed by atoms with van der Waals surface area (Å²) in [4.78, 5) is 2.14. The summed E-state index contributed by atoms with van der Waals surface area (Å²) in [6.07, 6.45) is 4.41. The predicted molar refractivity (Wildman–Crippen MR) is 83.8 cm³/mol. The maximum atomic E-state index is 14.2. The van der Waals surface area contributed by atoms with Crippen LogP contribution in [0.2, 0.25) is 0 Å². The minimum absolute atomic E-state index is 0.0837. The molecule has 1 saturated carbocycles. The third kappa shape index (κ3) is 3.13. The molecule has 0 spiro atoms. The fraction of sp³-hybridized carbons (Fsp3) is 0.600. The van der Waals surface area contributed by atoms with Crippen LogP contribution in [-0.4, -0.2) is 30.6 Å². The van der Waals surface area contributed by atoms with Crippen LogP contribution >= 0.6 is 15.9 Å². The molecule has 1 aliphatic carbocycles. The molecule has 21 heavy (non-hydrogen) atoms. The SMILES string of the molecule is CN(C)C1(C(Cc2c(F)ccc(Br)c2F)NN)CCCC1. The Morgan fingerprint density at radius 2 is 1.95 bits per heavy atom. The molecule has 1 fully saturated rings. The average Bonchev–Trinajstić information content (AvgIpc) is 2.94. The van der Waals surface area contributed by atoms with Crippen molar-refractivity contribution in [1.82, 2.24) is 10.3 Å². The first-order valence-electron chi connectivity index (χ1n) is 7.18. The molecule has 0 heterocycles. The lowest BCUT2D eigenvalue weighted by Gasteiger charge is -2.43. The molecule has 1 unspecified atom stereocenters. The highest BCUT2D eigenvalue weighted by Gasteiger charge is 2.43. The van der Waals surface area contributed by atoms with E-state index in [1.807, 2.05) is 14.1 Å². The van der Waals surface area contributed by atoms with E-state index in [0.29, 0.717) is 0 Å². The van der Waals surface area contributed by atoms with Crippen molar-refractivity contribution in [3.63, 3.8) is 0 Å². The molecular formula is C15H22BrF2N3. The summed E-state index contributed by atoms with van der Waals surface area (Å²) in [6, 6.07) is 2.47. The van der Waals surface area contributed by atoms with Gasteiger partial charge in [-0.05, 0) is 61.4 Å². The number of nitrogens with zero attached hydrogens (tertiary/aromatic N) is 1. The van der Waals surface area contributed by atoms with Crippen molar-refractivity contribution in [2.24, 2.45) is 5.84 Å². The van der Waals surface area contributed by atoms with E-state index >= 15 is 0 Å². The Balaban J connectivity index is 2.33. The van der Waals surface area contributed by atoms with Gasteiger partial charge in [-0.15, -0.1) is 0 Å². The van der Waals surface area contributed by atoms with Crippen molar-refractivity contribution < 1.29 is 8.78 Å². The molecule has 1 aliphatic rings. The molecule has 0 aromatic heterocycles. The number of benzene rings is 1. The van der Waals surface area contributed by atoms with Gasteiger partial charge in [0.2, 0.25) is 0 Å². The van der Waals surface area contributed by atoms with Crippen molar-refractivity contribution in [3.05, 3.63) is 33.8 Å². The van der Waals surface area contributed by atoms with Crippen LogP contribution in [0.25, 0.3) is 0 Å². The fourth-order valence-electron chi connectivity index (χ4n) is 3.46. The van der Waals surface area contributed by atoms with Crippen LogP contribution in [0.1, 0.15) is 31.2 Å². The molecule has 1 aromatic rings. The predicted octanol–water partition coefficient (Wildman–Crippen LogP) is 2.98. The van der Waals surface area contributed by atoms with E-state index in [4.69, 9.17) is 5.84 Å². The summed E-state index contributed by atoms with van der Waals surface area (Å²) in [6.45, 7) is 0. The maximum Gasteiger partial charge on any atom is 0.143 e. The Morgan fingerprint density at radius 3 is 2.48 bits per heavy atom. The molecule has 0 saturated heterocycles. The molecule has 0 bridgehead atoms. The van der Waals surface area contributed by atoms with E-state index in [-0.39, 0.29) is 28.0 Å². The number of hydrogen-bond acceptors (Lipinski definition) is 3. The normalized spacial score (nSPS) is 19.2. The van der Waals surface area contributed by atoms with Gasteiger partial charge in [0.15, 0.2) is 0 Å². The molecular weight excluding hydrogens is 340 g/mol. The largest absolute Gasteiger partial charge is 0.302 e. The summed E-state index contributed by atoms with van der Waals surface area (Å²) < 4.78 is 28.5. The van der Waals surface area contributed by atoms with Crippen molar-refractivity contribution in [2.75, 3.05) is 14.1 Å². The Hall–Kier alpha value is -0.560. The van der Waals surface area contributed by atoms with Crippen LogP contribution in [0.5, 0.6) is 0 Å². The van der Waals surface area contributed by atoms with Gasteiger partial charge in [-0.3, -0.25) is 11.3 Å². The number of halogens is 3.